The van der Waals surface area contributed by atoms with Crippen molar-refractivity contribution in [2.45, 2.75) is 6.61 Å². The molecular weight excluding hydrogens is 326 g/mol. The molecule has 126 valence electrons. The molecule has 3 aromatic carbocycles. The first-order valence-corrected chi connectivity index (χ1v) is 7.54. The SMILES string of the molecule is O=C(Oc1ccc(-c2ccccc2)cc1)c1cccc(OC(F)F)c1. The zero-order valence-corrected chi connectivity index (χ0v) is 13.1. The molecule has 0 atom stereocenters. The summed E-state index contributed by atoms with van der Waals surface area (Å²) in [7, 11) is 0. The molecule has 0 amide bonds. The molecule has 0 aromatic heterocycles. The van der Waals surface area contributed by atoms with Gasteiger partial charge in [-0.2, -0.15) is 8.78 Å². The summed E-state index contributed by atoms with van der Waals surface area (Å²) in [5.41, 5.74) is 2.18. The number of hydrogen-bond acceptors (Lipinski definition) is 3. The molecule has 0 fully saturated rings. The van der Waals surface area contributed by atoms with Gasteiger partial charge in [-0.15, -0.1) is 0 Å². The molecule has 25 heavy (non-hydrogen) atoms. The molecule has 5 heteroatoms. The van der Waals surface area contributed by atoms with Crippen molar-refractivity contribution in [2.24, 2.45) is 0 Å². The second-order valence-corrected chi connectivity index (χ2v) is 5.19. The second-order valence-electron chi connectivity index (χ2n) is 5.19. The Labute approximate surface area is 143 Å². The normalized spacial score (nSPS) is 10.5. The van der Waals surface area contributed by atoms with Crippen LogP contribution >= 0.6 is 0 Å². The van der Waals surface area contributed by atoms with E-state index in [-0.39, 0.29) is 11.3 Å². The van der Waals surface area contributed by atoms with Crippen LogP contribution in [0.15, 0.2) is 78.9 Å². The lowest BCUT2D eigenvalue weighted by Gasteiger charge is -2.08. The monoisotopic (exact) mass is 340 g/mol. The van der Waals surface area contributed by atoms with E-state index < -0.39 is 12.6 Å². The summed E-state index contributed by atoms with van der Waals surface area (Å²) in [5.74, 6) is -0.374. The summed E-state index contributed by atoms with van der Waals surface area (Å²) in [6, 6.07) is 22.3. The van der Waals surface area contributed by atoms with Gasteiger partial charge in [-0.3, -0.25) is 0 Å². The first kappa shape index (κ1) is 16.6. The Hall–Kier alpha value is -3.21. The van der Waals surface area contributed by atoms with Crippen molar-refractivity contribution in [3.8, 4) is 22.6 Å². The Morgan fingerprint density at radius 2 is 1.44 bits per heavy atom. The number of esters is 1. The molecule has 0 bridgehead atoms. The maximum absolute atomic E-state index is 12.2. The standard InChI is InChI=1S/C20H14F2O3/c21-20(22)25-18-8-4-7-16(13-18)19(23)24-17-11-9-15(10-12-17)14-5-2-1-3-6-14/h1-13,20H. The van der Waals surface area contributed by atoms with Gasteiger partial charge in [-0.05, 0) is 41.5 Å². The van der Waals surface area contributed by atoms with Gasteiger partial charge in [0.2, 0.25) is 0 Å². The van der Waals surface area contributed by atoms with Crippen LogP contribution in [0, 0.1) is 0 Å². The molecule has 0 aliphatic rings. The third-order valence-electron chi connectivity index (χ3n) is 3.47. The van der Waals surface area contributed by atoms with Crippen molar-refractivity contribution >= 4 is 5.97 Å². The number of benzene rings is 3. The summed E-state index contributed by atoms with van der Waals surface area (Å²) in [6.45, 7) is -2.95. The Morgan fingerprint density at radius 1 is 0.760 bits per heavy atom. The highest BCUT2D eigenvalue weighted by molar-refractivity contribution is 5.91. The van der Waals surface area contributed by atoms with Crippen LogP contribution in [0.2, 0.25) is 0 Å². The van der Waals surface area contributed by atoms with Crippen LogP contribution in [0.4, 0.5) is 8.78 Å². The fourth-order valence-corrected chi connectivity index (χ4v) is 2.31. The number of rotatable bonds is 5. The minimum Gasteiger partial charge on any atom is -0.435 e. The molecule has 3 aromatic rings. The Kier molecular flexibility index (Phi) is 5.04. The summed E-state index contributed by atoms with van der Waals surface area (Å²) >= 11 is 0. The van der Waals surface area contributed by atoms with E-state index in [1.54, 1.807) is 12.1 Å². The van der Waals surface area contributed by atoms with Crippen molar-refractivity contribution in [3.05, 3.63) is 84.4 Å². The van der Waals surface area contributed by atoms with Crippen molar-refractivity contribution in [3.63, 3.8) is 0 Å². The van der Waals surface area contributed by atoms with Crippen LogP contribution in [-0.2, 0) is 0 Å². The molecule has 0 heterocycles. The largest absolute Gasteiger partial charge is 0.435 e. The Morgan fingerprint density at radius 3 is 2.12 bits per heavy atom. The van der Waals surface area contributed by atoms with Gasteiger partial charge in [0.25, 0.3) is 0 Å². The van der Waals surface area contributed by atoms with E-state index in [2.05, 4.69) is 4.74 Å². The lowest BCUT2D eigenvalue weighted by molar-refractivity contribution is -0.0499. The minimum absolute atomic E-state index is 0.0936. The average Bonchev–Trinajstić information content (AvgIpc) is 2.63. The zero-order chi connectivity index (χ0) is 17.6. The molecule has 0 N–H and O–H groups in total. The Balaban J connectivity index is 1.71. The quantitative estimate of drug-likeness (QED) is 0.474. The van der Waals surface area contributed by atoms with Gasteiger partial charge in [-0.1, -0.05) is 48.5 Å². The van der Waals surface area contributed by atoms with Crippen molar-refractivity contribution < 1.29 is 23.0 Å². The van der Waals surface area contributed by atoms with E-state index in [0.717, 1.165) is 11.1 Å². The molecule has 0 radical (unpaired) electrons. The van der Waals surface area contributed by atoms with Gasteiger partial charge in [0.05, 0.1) is 5.56 Å². The van der Waals surface area contributed by atoms with Crippen LogP contribution in [-0.4, -0.2) is 12.6 Å². The maximum atomic E-state index is 12.2. The molecule has 3 rings (SSSR count). The number of carbonyl (C=O) groups excluding carboxylic acids is 1. The number of ether oxygens (including phenoxy) is 2. The van der Waals surface area contributed by atoms with E-state index in [4.69, 9.17) is 4.74 Å². The number of alkyl halides is 2. The topological polar surface area (TPSA) is 35.5 Å². The number of carbonyl (C=O) groups is 1. The predicted octanol–water partition coefficient (Wildman–Crippen LogP) is 5.17. The molecule has 0 aliphatic carbocycles. The van der Waals surface area contributed by atoms with Gasteiger partial charge < -0.3 is 9.47 Å². The van der Waals surface area contributed by atoms with Gasteiger partial charge in [0.15, 0.2) is 0 Å². The fraction of sp³-hybridized carbons (Fsp3) is 0.0500. The van der Waals surface area contributed by atoms with Gasteiger partial charge in [-0.25, -0.2) is 4.79 Å². The van der Waals surface area contributed by atoms with E-state index >= 15 is 0 Å². The molecule has 0 spiro atoms. The van der Waals surface area contributed by atoms with E-state index in [9.17, 15) is 13.6 Å². The second kappa shape index (κ2) is 7.57. The van der Waals surface area contributed by atoms with Crippen molar-refractivity contribution in [1.82, 2.24) is 0 Å². The van der Waals surface area contributed by atoms with Gasteiger partial charge >= 0.3 is 12.6 Å². The van der Waals surface area contributed by atoms with E-state index in [1.165, 1.54) is 24.3 Å². The van der Waals surface area contributed by atoms with Crippen LogP contribution in [0.3, 0.4) is 0 Å². The lowest BCUT2D eigenvalue weighted by Crippen LogP contribution is -2.09. The summed E-state index contributed by atoms with van der Waals surface area (Å²) in [6.07, 6.45) is 0. The molecule has 3 nitrogen and oxygen atoms in total. The maximum Gasteiger partial charge on any atom is 0.387 e. The number of hydrogen-bond donors (Lipinski definition) is 0. The van der Waals surface area contributed by atoms with Crippen LogP contribution in [0.5, 0.6) is 11.5 Å². The molecular formula is C20H14F2O3. The Bertz CT molecular complexity index is 846. The molecule has 0 saturated carbocycles. The van der Waals surface area contributed by atoms with Crippen LogP contribution < -0.4 is 9.47 Å². The first-order valence-electron chi connectivity index (χ1n) is 7.54. The highest BCUT2D eigenvalue weighted by Crippen LogP contribution is 2.23. The van der Waals surface area contributed by atoms with E-state index in [0.29, 0.717) is 5.75 Å². The fourth-order valence-electron chi connectivity index (χ4n) is 2.31. The third kappa shape index (κ3) is 4.41. The van der Waals surface area contributed by atoms with Crippen molar-refractivity contribution in [1.29, 1.82) is 0 Å². The first-order chi connectivity index (χ1) is 12.1. The van der Waals surface area contributed by atoms with Gasteiger partial charge in [0.1, 0.15) is 11.5 Å². The van der Waals surface area contributed by atoms with Crippen LogP contribution in [0.1, 0.15) is 10.4 Å². The molecule has 0 unspecified atom stereocenters. The third-order valence-corrected chi connectivity index (χ3v) is 3.47. The summed E-state index contributed by atoms with van der Waals surface area (Å²) in [4.78, 5) is 12.1. The zero-order valence-electron chi connectivity index (χ0n) is 13.1. The lowest BCUT2D eigenvalue weighted by atomic mass is 10.1. The molecule has 0 aliphatic heterocycles. The van der Waals surface area contributed by atoms with Crippen LogP contribution in [0.25, 0.3) is 11.1 Å². The predicted molar refractivity (Wildman–Crippen MR) is 89.9 cm³/mol. The highest BCUT2D eigenvalue weighted by Gasteiger charge is 2.12. The van der Waals surface area contributed by atoms with E-state index in [1.807, 2.05) is 42.5 Å². The summed E-state index contributed by atoms with van der Waals surface area (Å²) < 4.78 is 34.0. The smallest absolute Gasteiger partial charge is 0.387 e. The molecule has 0 saturated heterocycles. The minimum atomic E-state index is -2.95. The van der Waals surface area contributed by atoms with Gasteiger partial charge in [0, 0.05) is 0 Å². The highest BCUT2D eigenvalue weighted by atomic mass is 19.3. The summed E-state index contributed by atoms with van der Waals surface area (Å²) in [5, 5.41) is 0. The van der Waals surface area contributed by atoms with Crippen molar-refractivity contribution in [2.75, 3.05) is 0 Å². The average molecular weight is 340 g/mol. The number of halogens is 2.